The summed E-state index contributed by atoms with van der Waals surface area (Å²) in [5, 5.41) is 36.5. The molecular formula is C33H40N4O14S2. The van der Waals surface area contributed by atoms with Crippen molar-refractivity contribution in [3.05, 3.63) is 78.7 Å². The van der Waals surface area contributed by atoms with Crippen LogP contribution in [0.25, 0.3) is 12.2 Å². The van der Waals surface area contributed by atoms with Gasteiger partial charge in [-0.1, -0.05) is 5.04 Å². The lowest BCUT2D eigenvalue weighted by Crippen LogP contribution is -2.25. The van der Waals surface area contributed by atoms with Crippen LogP contribution in [-0.4, -0.2) is 74.4 Å². The van der Waals surface area contributed by atoms with Gasteiger partial charge in [-0.25, -0.2) is 9.44 Å². The Labute approximate surface area is 308 Å². The number of rotatable bonds is 18. The monoisotopic (exact) mass is 780 g/mol. The highest BCUT2D eigenvalue weighted by atomic mass is 32.3. The first kappa shape index (κ1) is 41.2. The van der Waals surface area contributed by atoms with Gasteiger partial charge in [0.05, 0.1) is 11.7 Å². The van der Waals surface area contributed by atoms with Crippen LogP contribution in [0.3, 0.4) is 0 Å². The summed E-state index contributed by atoms with van der Waals surface area (Å²) in [7, 11) is -4.84. The number of aliphatic carboxylic acids is 2. The average molecular weight is 781 g/mol. The highest BCUT2D eigenvalue weighted by Crippen LogP contribution is 2.33. The van der Waals surface area contributed by atoms with Crippen LogP contribution in [0.1, 0.15) is 85.6 Å². The molecule has 0 saturated carbocycles. The van der Waals surface area contributed by atoms with E-state index in [-0.39, 0.29) is 43.6 Å². The quantitative estimate of drug-likeness (QED) is 0.0352. The summed E-state index contributed by atoms with van der Waals surface area (Å²) in [5.74, 6) is -3.01. The molecule has 0 fully saturated rings. The van der Waals surface area contributed by atoms with Crippen LogP contribution < -0.4 is 10.6 Å². The van der Waals surface area contributed by atoms with E-state index in [9.17, 15) is 37.8 Å². The molecule has 0 radical (unpaired) electrons. The number of carbonyl (C=O) groups is 4. The topological polar surface area (TPSA) is 276 Å². The Morgan fingerprint density at radius 2 is 1.30 bits per heavy atom. The maximum atomic E-state index is 12.8. The zero-order chi connectivity index (χ0) is 39.4. The summed E-state index contributed by atoms with van der Waals surface area (Å²) in [4.78, 5) is 55.5. The van der Waals surface area contributed by atoms with Crippen LogP contribution in [0.5, 0.6) is 0 Å². The largest absolute Gasteiger partial charge is 0.481 e. The molecule has 0 aliphatic carbocycles. The van der Waals surface area contributed by atoms with Crippen LogP contribution in [0.2, 0.25) is 0 Å². The summed E-state index contributed by atoms with van der Waals surface area (Å²) < 4.78 is 46.1. The maximum absolute atomic E-state index is 12.8. The van der Waals surface area contributed by atoms with E-state index in [1.54, 1.807) is 39.8 Å². The SMILES string of the molecule is CC1=C([C@@H](C)OS(=O)(=O)O)C(=O)NC1=Cc1[nH]c(Cc2[nH]c(C=C3NC(=O)C(C)=C3[C@@H](C)OSOOO)c(C)c2CCC(=O)O)c(CCC(=O)O)c1C. The van der Waals surface area contributed by atoms with Gasteiger partial charge in [0.2, 0.25) is 0 Å². The van der Waals surface area contributed by atoms with Crippen molar-refractivity contribution in [1.29, 1.82) is 0 Å². The smallest absolute Gasteiger partial charge is 0.397 e. The summed E-state index contributed by atoms with van der Waals surface area (Å²) in [6.07, 6.45) is 1.44. The number of aromatic nitrogens is 2. The fourth-order valence-electron chi connectivity index (χ4n) is 6.48. The lowest BCUT2D eigenvalue weighted by Gasteiger charge is -2.13. The summed E-state index contributed by atoms with van der Waals surface area (Å²) in [6, 6.07) is 0. The Morgan fingerprint density at radius 3 is 1.79 bits per heavy atom. The molecule has 0 spiro atoms. The zero-order valence-electron chi connectivity index (χ0n) is 29.5. The van der Waals surface area contributed by atoms with Gasteiger partial charge in [0.15, 0.2) is 12.3 Å². The number of nitrogens with one attached hydrogen (secondary N) is 4. The van der Waals surface area contributed by atoms with E-state index in [1.807, 2.05) is 6.92 Å². The number of amides is 2. The van der Waals surface area contributed by atoms with Gasteiger partial charge in [-0.05, 0) is 94.4 Å². The molecule has 2 aliphatic rings. The molecule has 2 atom stereocenters. The summed E-state index contributed by atoms with van der Waals surface area (Å²) in [6.45, 7) is 9.75. The second-order valence-electron chi connectivity index (χ2n) is 12.4. The van der Waals surface area contributed by atoms with Gasteiger partial charge in [-0.2, -0.15) is 8.42 Å². The lowest BCUT2D eigenvalue weighted by atomic mass is 9.98. The third-order valence-corrected chi connectivity index (χ3v) is 10.0. The first-order valence-electron chi connectivity index (χ1n) is 16.1. The number of hydrogen-bond donors (Lipinski definition) is 8. The van der Waals surface area contributed by atoms with Crippen molar-refractivity contribution in [2.24, 2.45) is 0 Å². The average Bonchev–Trinajstić information content (AvgIpc) is 3.70. The van der Waals surface area contributed by atoms with E-state index in [1.165, 1.54) is 6.92 Å². The van der Waals surface area contributed by atoms with Crippen molar-refractivity contribution >= 4 is 58.6 Å². The van der Waals surface area contributed by atoms with Gasteiger partial charge < -0.3 is 30.8 Å². The molecule has 18 nitrogen and oxygen atoms in total. The zero-order valence-corrected chi connectivity index (χ0v) is 31.2. The predicted octanol–water partition coefficient (Wildman–Crippen LogP) is 3.76. The third kappa shape index (κ3) is 9.91. The molecular weight excluding hydrogens is 741 g/mol. The normalized spacial score (nSPS) is 17.7. The lowest BCUT2D eigenvalue weighted by molar-refractivity contribution is -0.434. The molecule has 2 aromatic heterocycles. The number of H-pyrrole nitrogens is 2. The van der Waals surface area contributed by atoms with Gasteiger partial charge in [0.1, 0.15) is 6.10 Å². The highest BCUT2D eigenvalue weighted by Gasteiger charge is 2.32. The molecule has 0 unspecified atom stereocenters. The Hall–Kier alpha value is -4.54. The van der Waals surface area contributed by atoms with Crippen LogP contribution >= 0.6 is 12.3 Å². The van der Waals surface area contributed by atoms with Crippen molar-refractivity contribution in [3.8, 4) is 0 Å². The summed E-state index contributed by atoms with van der Waals surface area (Å²) in [5.41, 5.74) is 7.14. The molecule has 2 aromatic rings. The van der Waals surface area contributed by atoms with Crippen LogP contribution in [0.4, 0.5) is 0 Å². The Balaban J connectivity index is 1.78. The minimum Gasteiger partial charge on any atom is -0.481 e. The number of carboxylic acids is 2. The van der Waals surface area contributed by atoms with Crippen molar-refractivity contribution < 1.29 is 65.4 Å². The highest BCUT2D eigenvalue weighted by molar-refractivity contribution is 7.89. The number of hydrogen-bond acceptors (Lipinski definition) is 12. The first-order chi connectivity index (χ1) is 24.8. The summed E-state index contributed by atoms with van der Waals surface area (Å²) >= 11 is 0.363. The molecule has 0 bridgehead atoms. The fraction of sp³-hybridized carbons (Fsp3) is 0.394. The molecule has 0 aromatic carbocycles. The molecule has 2 amide bonds. The van der Waals surface area contributed by atoms with E-state index in [2.05, 4.69) is 34.2 Å². The molecule has 4 rings (SSSR count). The minimum atomic E-state index is -4.84. The third-order valence-electron chi connectivity index (χ3n) is 9.03. The standard InChI is InChI=1S/C33H40N4O14S2/c1-14-20(7-9-28(38)39)25(34-22(14)11-24-16(3)31(33(43)36-24)19(6)49-53(45,46)47)13-26-21(8-10-29(40)41)15(2)23(35-26)12-27-30(17(4)32(42)37-27)18(5)48-52-51-50-44/h11-12,18-19,34-35,44H,7-10,13H2,1-6H3,(H,36,43)(H,37,42)(H,38,39)(H,40,41)(H,45,46,47)/t18-,19-/m1/s1. The van der Waals surface area contributed by atoms with Crippen molar-refractivity contribution in [2.75, 3.05) is 0 Å². The Bertz CT molecular complexity index is 2060. The second-order valence-corrected chi connectivity index (χ2v) is 13.9. The van der Waals surface area contributed by atoms with E-state index >= 15 is 0 Å². The molecule has 288 valence electrons. The molecule has 2 aliphatic heterocycles. The van der Waals surface area contributed by atoms with Crippen LogP contribution in [0.15, 0.2) is 33.7 Å². The van der Waals surface area contributed by atoms with Crippen molar-refractivity contribution in [1.82, 2.24) is 20.6 Å². The Morgan fingerprint density at radius 1 is 0.792 bits per heavy atom. The van der Waals surface area contributed by atoms with Crippen LogP contribution in [-0.2, 0) is 66.6 Å². The maximum Gasteiger partial charge on any atom is 0.397 e. The molecule has 8 N–H and O–H groups in total. The van der Waals surface area contributed by atoms with Crippen molar-refractivity contribution in [3.63, 3.8) is 0 Å². The molecule has 20 heteroatoms. The van der Waals surface area contributed by atoms with E-state index < -0.39 is 40.5 Å². The van der Waals surface area contributed by atoms with Gasteiger partial charge in [-0.15, -0.1) is 4.33 Å². The van der Waals surface area contributed by atoms with Gasteiger partial charge in [0.25, 0.3) is 11.8 Å². The second kappa shape index (κ2) is 17.1. The van der Waals surface area contributed by atoms with Crippen molar-refractivity contribution in [2.45, 2.75) is 85.9 Å². The van der Waals surface area contributed by atoms with Gasteiger partial charge >= 0.3 is 22.3 Å². The number of carbonyl (C=O) groups excluding carboxylic acids is 2. The fourth-order valence-corrected chi connectivity index (χ4v) is 7.21. The number of carboxylic acid groups (broad SMARTS) is 2. The van der Waals surface area contributed by atoms with Gasteiger partial charge in [0, 0.05) is 64.6 Å². The number of aromatic amines is 2. The van der Waals surface area contributed by atoms with E-state index in [0.717, 1.165) is 0 Å². The minimum absolute atomic E-state index is 0.00476. The molecule has 4 heterocycles. The molecule has 0 saturated heterocycles. The molecule has 53 heavy (non-hydrogen) atoms. The first-order valence-corrected chi connectivity index (χ1v) is 18.1. The van der Waals surface area contributed by atoms with E-state index in [4.69, 9.17) is 14.0 Å². The number of allylic oxidation sites excluding steroid dienone is 1. The van der Waals surface area contributed by atoms with Crippen LogP contribution in [0, 0.1) is 13.8 Å². The van der Waals surface area contributed by atoms with E-state index in [0.29, 0.717) is 85.5 Å². The Kier molecular flexibility index (Phi) is 13.3. The van der Waals surface area contributed by atoms with Gasteiger partial charge in [-0.3, -0.25) is 27.9 Å². The predicted molar refractivity (Wildman–Crippen MR) is 188 cm³/mol.